The molecule has 0 saturated carbocycles. The molecule has 3 rings (SSSR count). The van der Waals surface area contributed by atoms with Crippen LogP contribution < -0.4 is 15.0 Å². The van der Waals surface area contributed by atoms with Crippen molar-refractivity contribution in [3.8, 4) is 5.75 Å². The Bertz CT molecular complexity index is 514. The van der Waals surface area contributed by atoms with Crippen LogP contribution in [-0.4, -0.2) is 38.4 Å². The van der Waals surface area contributed by atoms with Gasteiger partial charge in [0.2, 0.25) is 0 Å². The molecule has 2 heterocycles. The second kappa shape index (κ2) is 4.98. The molecule has 108 valence electrons. The molecule has 2 saturated heterocycles. The smallest absolute Gasteiger partial charge is 0.415 e. The summed E-state index contributed by atoms with van der Waals surface area (Å²) in [4.78, 5) is 14.0. The van der Waals surface area contributed by atoms with Crippen molar-refractivity contribution in [2.75, 3.05) is 31.7 Å². The summed E-state index contributed by atoms with van der Waals surface area (Å²) in [5.41, 5.74) is 0.536. The number of cyclic esters (lactones) is 1. The van der Waals surface area contributed by atoms with Crippen molar-refractivity contribution in [3.05, 3.63) is 24.3 Å². The highest BCUT2D eigenvalue weighted by Crippen LogP contribution is 2.39. The van der Waals surface area contributed by atoms with Gasteiger partial charge in [0.05, 0.1) is 18.3 Å². The fourth-order valence-electron chi connectivity index (χ4n) is 3.18. The molecule has 2 aliphatic rings. The van der Waals surface area contributed by atoms with Crippen molar-refractivity contribution in [2.24, 2.45) is 5.92 Å². The molecule has 1 N–H and O–H groups in total. The summed E-state index contributed by atoms with van der Waals surface area (Å²) >= 11 is 0. The standard InChI is InChI=1S/C15H20N2O3/c1-15(11-6-7-16-9-11)10-20-14(18)17(15)12-4-3-5-13(8-12)19-2/h3-5,8,11,16H,6-7,9-10H2,1-2H3. The Morgan fingerprint density at radius 1 is 1.50 bits per heavy atom. The Morgan fingerprint density at radius 3 is 3.05 bits per heavy atom. The van der Waals surface area contributed by atoms with Gasteiger partial charge in [0.1, 0.15) is 12.4 Å². The third kappa shape index (κ3) is 2.02. The van der Waals surface area contributed by atoms with Crippen LogP contribution in [0.2, 0.25) is 0 Å². The largest absolute Gasteiger partial charge is 0.497 e. The zero-order valence-electron chi connectivity index (χ0n) is 11.9. The number of ether oxygens (including phenoxy) is 2. The number of methoxy groups -OCH3 is 1. The number of anilines is 1. The molecule has 2 unspecified atom stereocenters. The lowest BCUT2D eigenvalue weighted by Gasteiger charge is -2.36. The minimum absolute atomic E-state index is 0.271. The predicted molar refractivity (Wildman–Crippen MR) is 76.2 cm³/mol. The second-order valence-electron chi connectivity index (χ2n) is 5.64. The Morgan fingerprint density at radius 2 is 2.35 bits per heavy atom. The topological polar surface area (TPSA) is 50.8 Å². The molecule has 2 fully saturated rings. The van der Waals surface area contributed by atoms with Crippen LogP contribution >= 0.6 is 0 Å². The van der Waals surface area contributed by atoms with Gasteiger partial charge in [-0.1, -0.05) is 6.07 Å². The van der Waals surface area contributed by atoms with Crippen LogP contribution in [0, 0.1) is 5.92 Å². The van der Waals surface area contributed by atoms with Gasteiger partial charge in [-0.2, -0.15) is 0 Å². The molecule has 0 aliphatic carbocycles. The van der Waals surface area contributed by atoms with Crippen molar-refractivity contribution in [2.45, 2.75) is 18.9 Å². The van der Waals surface area contributed by atoms with E-state index in [1.165, 1.54) is 0 Å². The Hall–Kier alpha value is -1.75. The number of nitrogens with one attached hydrogen (secondary N) is 1. The molecule has 1 aromatic carbocycles. The first-order chi connectivity index (χ1) is 9.65. The zero-order chi connectivity index (χ0) is 14.2. The van der Waals surface area contributed by atoms with E-state index in [2.05, 4.69) is 12.2 Å². The van der Waals surface area contributed by atoms with E-state index in [0.29, 0.717) is 12.5 Å². The average Bonchev–Trinajstić information content (AvgIpc) is 3.09. The molecular formula is C15H20N2O3. The van der Waals surface area contributed by atoms with Gasteiger partial charge in [-0.25, -0.2) is 4.79 Å². The van der Waals surface area contributed by atoms with Gasteiger partial charge in [-0.05, 0) is 37.9 Å². The lowest BCUT2D eigenvalue weighted by atomic mass is 9.84. The van der Waals surface area contributed by atoms with Crippen LogP contribution in [-0.2, 0) is 4.74 Å². The molecule has 0 bridgehead atoms. The first kappa shape index (κ1) is 13.2. The van der Waals surface area contributed by atoms with Gasteiger partial charge in [0.25, 0.3) is 0 Å². The molecular weight excluding hydrogens is 256 g/mol. The van der Waals surface area contributed by atoms with Gasteiger partial charge in [0.15, 0.2) is 0 Å². The van der Waals surface area contributed by atoms with Crippen molar-refractivity contribution in [1.29, 1.82) is 0 Å². The van der Waals surface area contributed by atoms with Crippen LogP contribution in [0.4, 0.5) is 10.5 Å². The van der Waals surface area contributed by atoms with E-state index in [0.717, 1.165) is 30.9 Å². The quantitative estimate of drug-likeness (QED) is 0.917. The van der Waals surface area contributed by atoms with Crippen LogP contribution in [0.15, 0.2) is 24.3 Å². The number of rotatable bonds is 3. The number of hydrogen-bond donors (Lipinski definition) is 1. The molecule has 0 radical (unpaired) electrons. The minimum Gasteiger partial charge on any atom is -0.497 e. The Kier molecular flexibility index (Phi) is 3.30. The molecule has 0 spiro atoms. The van der Waals surface area contributed by atoms with Crippen LogP contribution in [0.1, 0.15) is 13.3 Å². The Labute approximate surface area is 118 Å². The third-order valence-electron chi connectivity index (χ3n) is 4.43. The van der Waals surface area contributed by atoms with Gasteiger partial charge in [0, 0.05) is 12.6 Å². The van der Waals surface area contributed by atoms with Crippen LogP contribution in [0.3, 0.4) is 0 Å². The summed E-state index contributed by atoms with van der Waals surface area (Å²) in [7, 11) is 1.63. The lowest BCUT2D eigenvalue weighted by molar-refractivity contribution is 0.166. The number of amides is 1. The zero-order valence-corrected chi connectivity index (χ0v) is 11.9. The average molecular weight is 276 g/mol. The number of nitrogens with zero attached hydrogens (tertiary/aromatic N) is 1. The maximum Gasteiger partial charge on any atom is 0.415 e. The van der Waals surface area contributed by atoms with Crippen molar-refractivity contribution in [3.63, 3.8) is 0 Å². The summed E-state index contributed by atoms with van der Waals surface area (Å²) in [6.07, 6.45) is 0.792. The van der Waals surface area contributed by atoms with Gasteiger partial charge < -0.3 is 14.8 Å². The first-order valence-electron chi connectivity index (χ1n) is 6.97. The summed E-state index contributed by atoms with van der Waals surface area (Å²) < 4.78 is 10.6. The van der Waals surface area contributed by atoms with Crippen LogP contribution in [0.25, 0.3) is 0 Å². The van der Waals surface area contributed by atoms with Crippen molar-refractivity contribution in [1.82, 2.24) is 5.32 Å². The number of hydrogen-bond acceptors (Lipinski definition) is 4. The highest BCUT2D eigenvalue weighted by atomic mass is 16.6. The first-order valence-corrected chi connectivity index (χ1v) is 6.97. The monoisotopic (exact) mass is 276 g/mol. The van der Waals surface area contributed by atoms with Crippen LogP contribution in [0.5, 0.6) is 5.75 Å². The van der Waals surface area contributed by atoms with Crippen molar-refractivity contribution >= 4 is 11.8 Å². The molecule has 5 heteroatoms. The summed E-state index contributed by atoms with van der Waals surface area (Å²) in [5.74, 6) is 1.15. The van der Waals surface area contributed by atoms with E-state index in [4.69, 9.17) is 9.47 Å². The molecule has 2 aliphatic heterocycles. The summed E-state index contributed by atoms with van der Waals surface area (Å²) in [6, 6.07) is 7.58. The molecule has 20 heavy (non-hydrogen) atoms. The maximum atomic E-state index is 12.2. The highest BCUT2D eigenvalue weighted by Gasteiger charge is 2.50. The Balaban J connectivity index is 1.97. The summed E-state index contributed by atoms with van der Waals surface area (Å²) in [6.45, 7) is 4.47. The fourth-order valence-corrected chi connectivity index (χ4v) is 3.18. The van der Waals surface area contributed by atoms with E-state index >= 15 is 0 Å². The second-order valence-corrected chi connectivity index (χ2v) is 5.64. The van der Waals surface area contributed by atoms with E-state index in [9.17, 15) is 4.79 Å². The lowest BCUT2D eigenvalue weighted by Crippen LogP contribution is -2.51. The molecule has 2 atom stereocenters. The van der Waals surface area contributed by atoms with Gasteiger partial charge in [-0.15, -0.1) is 0 Å². The number of carbonyl (C=O) groups is 1. The SMILES string of the molecule is COc1cccc(N2C(=O)OCC2(C)C2CCNC2)c1. The minimum atomic E-state index is -0.299. The molecule has 1 aromatic rings. The molecule has 5 nitrogen and oxygen atoms in total. The van der Waals surface area contributed by atoms with E-state index in [1.54, 1.807) is 12.0 Å². The predicted octanol–water partition coefficient (Wildman–Crippen LogP) is 2.02. The van der Waals surface area contributed by atoms with Gasteiger partial charge in [-0.3, -0.25) is 4.90 Å². The number of carbonyl (C=O) groups excluding carboxylic acids is 1. The number of benzene rings is 1. The maximum absolute atomic E-state index is 12.2. The molecule has 0 aromatic heterocycles. The van der Waals surface area contributed by atoms with Gasteiger partial charge >= 0.3 is 6.09 Å². The van der Waals surface area contributed by atoms with E-state index < -0.39 is 0 Å². The fraction of sp³-hybridized carbons (Fsp3) is 0.533. The summed E-state index contributed by atoms with van der Waals surface area (Å²) in [5, 5.41) is 3.37. The van der Waals surface area contributed by atoms with E-state index in [1.807, 2.05) is 24.3 Å². The normalized spacial score (nSPS) is 29.6. The molecule has 1 amide bonds. The third-order valence-corrected chi connectivity index (χ3v) is 4.43. The van der Waals surface area contributed by atoms with E-state index in [-0.39, 0.29) is 11.6 Å². The highest BCUT2D eigenvalue weighted by molar-refractivity contribution is 5.91. The van der Waals surface area contributed by atoms with Crippen molar-refractivity contribution < 1.29 is 14.3 Å².